The van der Waals surface area contributed by atoms with Gasteiger partial charge in [0, 0.05) is 5.56 Å². The van der Waals surface area contributed by atoms with E-state index in [1.165, 1.54) is 10.9 Å². The molecule has 1 fully saturated rings. The molecule has 5 heteroatoms. The van der Waals surface area contributed by atoms with E-state index in [1.54, 1.807) is 0 Å². The van der Waals surface area contributed by atoms with Crippen molar-refractivity contribution in [3.05, 3.63) is 17.7 Å². The molecular weight excluding hydrogens is 187 g/mol. The van der Waals surface area contributed by atoms with Crippen LogP contribution < -0.4 is 0 Å². The maximum atomic E-state index is 13.5. The Labute approximate surface area is 80.3 Å². The fourth-order valence-electron chi connectivity index (χ4n) is 1.55. The molecule has 76 valence electrons. The van der Waals surface area contributed by atoms with E-state index in [9.17, 15) is 9.18 Å². The van der Waals surface area contributed by atoms with Crippen LogP contribution in [-0.4, -0.2) is 20.9 Å². The highest BCUT2D eigenvalue weighted by atomic mass is 19.1. The first-order valence-electron chi connectivity index (χ1n) is 4.62. The molecule has 1 saturated carbocycles. The van der Waals surface area contributed by atoms with Crippen LogP contribution in [0.2, 0.25) is 0 Å². The van der Waals surface area contributed by atoms with Crippen LogP contribution in [0, 0.1) is 5.95 Å². The van der Waals surface area contributed by atoms with E-state index in [0.29, 0.717) is 0 Å². The summed E-state index contributed by atoms with van der Waals surface area (Å²) in [6, 6.07) is 0.137. The molecule has 14 heavy (non-hydrogen) atoms. The number of halogens is 1. The minimum Gasteiger partial charge on any atom is -0.481 e. The smallest absolute Gasteiger partial charge is 0.308 e. The van der Waals surface area contributed by atoms with Crippen LogP contribution >= 0.6 is 0 Å². The summed E-state index contributed by atoms with van der Waals surface area (Å²) >= 11 is 0. The molecule has 1 heterocycles. The third kappa shape index (κ3) is 1.49. The Bertz CT molecular complexity index is 358. The van der Waals surface area contributed by atoms with E-state index < -0.39 is 11.9 Å². The quantitative estimate of drug-likeness (QED) is 0.798. The van der Waals surface area contributed by atoms with Gasteiger partial charge in [0.05, 0.1) is 18.7 Å². The Hall–Kier alpha value is -1.39. The highest BCUT2D eigenvalue weighted by molar-refractivity contribution is 5.69. The van der Waals surface area contributed by atoms with Crippen LogP contribution in [0.15, 0.2) is 6.20 Å². The van der Waals surface area contributed by atoms with Gasteiger partial charge in [0.15, 0.2) is 0 Å². The zero-order valence-electron chi connectivity index (χ0n) is 7.61. The molecule has 1 aromatic heterocycles. The Kier molecular flexibility index (Phi) is 2.23. The number of hydrogen-bond donors (Lipinski definition) is 1. The van der Waals surface area contributed by atoms with Gasteiger partial charge in [0.2, 0.25) is 5.95 Å². The number of carbonyl (C=O) groups is 1. The highest BCUT2D eigenvalue weighted by Gasteiger charge is 2.24. The lowest BCUT2D eigenvalue weighted by molar-refractivity contribution is -0.136. The van der Waals surface area contributed by atoms with E-state index in [-0.39, 0.29) is 18.0 Å². The van der Waals surface area contributed by atoms with Crippen LogP contribution in [0.3, 0.4) is 0 Å². The van der Waals surface area contributed by atoms with Crippen molar-refractivity contribution in [2.75, 3.05) is 0 Å². The van der Waals surface area contributed by atoms with Crippen molar-refractivity contribution >= 4 is 5.97 Å². The molecule has 0 bridgehead atoms. The molecule has 1 aliphatic carbocycles. The van der Waals surface area contributed by atoms with Crippen LogP contribution in [0.4, 0.5) is 4.39 Å². The first kappa shape index (κ1) is 9.18. The van der Waals surface area contributed by atoms with Crippen molar-refractivity contribution in [1.82, 2.24) is 9.78 Å². The fourth-order valence-corrected chi connectivity index (χ4v) is 1.55. The van der Waals surface area contributed by atoms with Crippen LogP contribution in [0.25, 0.3) is 0 Å². The van der Waals surface area contributed by atoms with Gasteiger partial charge in [-0.15, -0.1) is 0 Å². The number of carboxylic acid groups (broad SMARTS) is 1. The molecule has 0 atom stereocenters. The maximum Gasteiger partial charge on any atom is 0.308 e. The number of aromatic nitrogens is 2. The summed E-state index contributed by atoms with van der Waals surface area (Å²) in [4.78, 5) is 10.4. The maximum absolute atomic E-state index is 13.5. The first-order valence-corrected chi connectivity index (χ1v) is 4.62. The van der Waals surface area contributed by atoms with Crippen molar-refractivity contribution in [2.24, 2.45) is 0 Å². The molecule has 2 rings (SSSR count). The zero-order valence-corrected chi connectivity index (χ0v) is 7.61. The number of aliphatic carboxylic acids is 1. The Morgan fingerprint density at radius 2 is 2.43 bits per heavy atom. The van der Waals surface area contributed by atoms with Gasteiger partial charge in [-0.2, -0.15) is 9.49 Å². The molecule has 0 aromatic carbocycles. The molecule has 4 nitrogen and oxygen atoms in total. The molecule has 0 radical (unpaired) electrons. The predicted molar refractivity (Wildman–Crippen MR) is 46.4 cm³/mol. The Morgan fingerprint density at radius 1 is 1.71 bits per heavy atom. The van der Waals surface area contributed by atoms with Gasteiger partial charge < -0.3 is 5.11 Å². The van der Waals surface area contributed by atoms with Gasteiger partial charge in [-0.1, -0.05) is 0 Å². The summed E-state index contributed by atoms with van der Waals surface area (Å²) < 4.78 is 14.8. The molecule has 0 spiro atoms. The molecule has 0 saturated heterocycles. The van der Waals surface area contributed by atoms with Gasteiger partial charge in [0.25, 0.3) is 0 Å². The summed E-state index contributed by atoms with van der Waals surface area (Å²) in [5.74, 6) is -1.52. The largest absolute Gasteiger partial charge is 0.481 e. The van der Waals surface area contributed by atoms with Crippen molar-refractivity contribution in [3.8, 4) is 0 Å². The lowest BCUT2D eigenvalue weighted by Crippen LogP contribution is -2.20. The monoisotopic (exact) mass is 198 g/mol. The number of hydrogen-bond acceptors (Lipinski definition) is 2. The van der Waals surface area contributed by atoms with Crippen LogP contribution in [0.5, 0.6) is 0 Å². The molecular formula is C9H11FN2O2. The summed E-state index contributed by atoms with van der Waals surface area (Å²) in [5, 5.41) is 12.4. The second-order valence-electron chi connectivity index (χ2n) is 3.56. The van der Waals surface area contributed by atoms with Gasteiger partial charge in [0.1, 0.15) is 0 Å². The number of rotatable bonds is 3. The van der Waals surface area contributed by atoms with Crippen LogP contribution in [0.1, 0.15) is 30.9 Å². The van der Waals surface area contributed by atoms with Crippen molar-refractivity contribution < 1.29 is 14.3 Å². The number of nitrogens with zero attached hydrogens (tertiary/aromatic N) is 2. The standard InChI is InChI=1S/C9H11FN2O2/c10-9-6(4-8(13)14)5-11-12(9)7-2-1-3-7/h5,7H,1-4H2,(H,13,14). The van der Waals surface area contributed by atoms with Crippen LogP contribution in [-0.2, 0) is 11.2 Å². The molecule has 0 aliphatic heterocycles. The summed E-state index contributed by atoms with van der Waals surface area (Å²) in [6.07, 6.45) is 3.98. The molecule has 1 aliphatic rings. The first-order chi connectivity index (χ1) is 6.68. The zero-order chi connectivity index (χ0) is 10.1. The second-order valence-corrected chi connectivity index (χ2v) is 3.56. The van der Waals surface area contributed by atoms with Gasteiger partial charge in [-0.25, -0.2) is 4.68 Å². The Morgan fingerprint density at radius 3 is 2.93 bits per heavy atom. The fraction of sp³-hybridized carbons (Fsp3) is 0.556. The summed E-state index contributed by atoms with van der Waals surface area (Å²) in [6.45, 7) is 0. The van der Waals surface area contributed by atoms with E-state index in [1.807, 2.05) is 0 Å². The minimum absolute atomic E-state index is 0.137. The molecule has 1 aromatic rings. The average molecular weight is 198 g/mol. The van der Waals surface area contributed by atoms with Gasteiger partial charge >= 0.3 is 5.97 Å². The van der Waals surface area contributed by atoms with Crippen molar-refractivity contribution in [2.45, 2.75) is 31.7 Å². The van der Waals surface area contributed by atoms with Gasteiger partial charge in [-0.05, 0) is 19.3 Å². The third-order valence-corrected chi connectivity index (χ3v) is 2.57. The number of carboxylic acids is 1. The SMILES string of the molecule is O=C(O)Cc1cnn(C2CCC2)c1F. The predicted octanol–water partition coefficient (Wildman–Crippen LogP) is 1.37. The summed E-state index contributed by atoms with van der Waals surface area (Å²) in [5.41, 5.74) is 0.171. The van der Waals surface area contributed by atoms with E-state index >= 15 is 0 Å². The lowest BCUT2D eigenvalue weighted by atomic mass is 9.93. The van der Waals surface area contributed by atoms with E-state index in [4.69, 9.17) is 5.11 Å². The molecule has 0 amide bonds. The second kappa shape index (κ2) is 3.40. The third-order valence-electron chi connectivity index (χ3n) is 2.57. The van der Waals surface area contributed by atoms with Crippen molar-refractivity contribution in [1.29, 1.82) is 0 Å². The lowest BCUT2D eigenvalue weighted by Gasteiger charge is -2.25. The van der Waals surface area contributed by atoms with Gasteiger partial charge in [-0.3, -0.25) is 4.79 Å². The molecule has 1 N–H and O–H groups in total. The Balaban J connectivity index is 2.18. The minimum atomic E-state index is -1.03. The average Bonchev–Trinajstić information content (AvgIpc) is 2.32. The molecule has 0 unspecified atom stereocenters. The highest BCUT2D eigenvalue weighted by Crippen LogP contribution is 2.32. The normalized spacial score (nSPS) is 16.6. The van der Waals surface area contributed by atoms with Crippen molar-refractivity contribution in [3.63, 3.8) is 0 Å². The topological polar surface area (TPSA) is 55.1 Å². The van der Waals surface area contributed by atoms with E-state index in [0.717, 1.165) is 19.3 Å². The van der Waals surface area contributed by atoms with E-state index in [2.05, 4.69) is 5.10 Å². The summed E-state index contributed by atoms with van der Waals surface area (Å²) in [7, 11) is 0.